The van der Waals surface area contributed by atoms with Gasteiger partial charge in [-0.1, -0.05) is 23.7 Å². The zero-order valence-electron chi connectivity index (χ0n) is 10.9. The van der Waals surface area contributed by atoms with Crippen molar-refractivity contribution in [3.05, 3.63) is 57.5 Å². The zero-order valence-corrected chi connectivity index (χ0v) is 11.6. The lowest BCUT2D eigenvalue weighted by atomic mass is 10.1. The highest BCUT2D eigenvalue weighted by atomic mass is 35.5. The molecule has 0 aliphatic carbocycles. The van der Waals surface area contributed by atoms with Gasteiger partial charge in [-0.3, -0.25) is 9.59 Å². The van der Waals surface area contributed by atoms with Crippen molar-refractivity contribution >= 4 is 17.6 Å². The van der Waals surface area contributed by atoms with Crippen LogP contribution in [0, 0.1) is 0 Å². The van der Waals surface area contributed by atoms with Crippen molar-refractivity contribution in [3.63, 3.8) is 0 Å². The first-order valence-corrected chi connectivity index (χ1v) is 6.35. The number of halogens is 4. The fourth-order valence-electron chi connectivity index (χ4n) is 1.94. The molecule has 0 aliphatic heterocycles. The highest BCUT2D eigenvalue weighted by molar-refractivity contribution is 6.30. The number of alkyl halides is 3. The average Bonchev–Trinajstić information content (AvgIpc) is 2.40. The van der Waals surface area contributed by atoms with E-state index < -0.39 is 29.8 Å². The summed E-state index contributed by atoms with van der Waals surface area (Å²) < 4.78 is 39.2. The van der Waals surface area contributed by atoms with Gasteiger partial charge in [0.1, 0.15) is 12.2 Å². The van der Waals surface area contributed by atoms with Gasteiger partial charge in [0, 0.05) is 22.8 Å². The molecule has 0 radical (unpaired) electrons. The number of hydrogen-bond donors (Lipinski definition) is 1. The first-order valence-electron chi connectivity index (χ1n) is 5.98. The van der Waals surface area contributed by atoms with Gasteiger partial charge in [-0.15, -0.1) is 0 Å². The molecule has 4 nitrogen and oxygen atoms in total. The second-order valence-electron chi connectivity index (χ2n) is 4.46. The third-order valence-corrected chi connectivity index (χ3v) is 3.13. The Labute approximate surface area is 127 Å². The molecule has 0 fully saturated rings. The highest BCUT2D eigenvalue weighted by Gasteiger charge is 2.35. The standard InChI is InChI=1S/C14H9ClF3NO3/c15-9-3-1-8(2-4-9)10-6-19(7-13(21)22)12(5-11(10)20)14(16,17)18/h1-6H,7H2,(H,21,22). The van der Waals surface area contributed by atoms with Crippen LogP contribution in [0.5, 0.6) is 0 Å². The molecule has 1 aromatic carbocycles. The predicted octanol–water partition coefficient (Wildman–Crippen LogP) is 3.27. The van der Waals surface area contributed by atoms with Gasteiger partial charge < -0.3 is 9.67 Å². The normalized spacial score (nSPS) is 11.5. The molecular formula is C14H9ClF3NO3. The van der Waals surface area contributed by atoms with E-state index in [0.717, 1.165) is 6.20 Å². The van der Waals surface area contributed by atoms with Crippen LogP contribution in [0.1, 0.15) is 5.69 Å². The summed E-state index contributed by atoms with van der Waals surface area (Å²) in [6.07, 6.45) is -3.93. The van der Waals surface area contributed by atoms with Gasteiger partial charge in [0.15, 0.2) is 5.43 Å². The molecule has 0 bridgehead atoms. The monoisotopic (exact) mass is 331 g/mol. The first-order chi connectivity index (χ1) is 10.2. The lowest BCUT2D eigenvalue weighted by Gasteiger charge is -2.15. The number of carbonyl (C=O) groups is 1. The minimum absolute atomic E-state index is 0.0362. The van der Waals surface area contributed by atoms with Gasteiger partial charge in [-0.05, 0) is 17.7 Å². The molecule has 22 heavy (non-hydrogen) atoms. The second kappa shape index (κ2) is 5.84. The van der Waals surface area contributed by atoms with Gasteiger partial charge in [-0.2, -0.15) is 13.2 Å². The molecule has 1 aromatic heterocycles. The third-order valence-electron chi connectivity index (χ3n) is 2.88. The summed E-state index contributed by atoms with van der Waals surface area (Å²) in [6, 6.07) is 6.30. The van der Waals surface area contributed by atoms with Gasteiger partial charge in [-0.25, -0.2) is 0 Å². The van der Waals surface area contributed by atoms with Crippen LogP contribution in [-0.2, 0) is 17.5 Å². The average molecular weight is 332 g/mol. The Kier molecular flexibility index (Phi) is 4.27. The third kappa shape index (κ3) is 3.48. The Morgan fingerprint density at radius 1 is 1.23 bits per heavy atom. The van der Waals surface area contributed by atoms with Crippen molar-refractivity contribution in [3.8, 4) is 11.1 Å². The van der Waals surface area contributed by atoms with E-state index in [9.17, 15) is 22.8 Å². The topological polar surface area (TPSA) is 59.3 Å². The van der Waals surface area contributed by atoms with E-state index >= 15 is 0 Å². The number of hydrogen-bond acceptors (Lipinski definition) is 2. The van der Waals surface area contributed by atoms with Crippen LogP contribution in [0.15, 0.2) is 41.3 Å². The van der Waals surface area contributed by atoms with Crippen molar-refractivity contribution in [2.75, 3.05) is 0 Å². The number of carboxylic acids is 1. The molecule has 0 spiro atoms. The molecule has 0 saturated heterocycles. The highest BCUT2D eigenvalue weighted by Crippen LogP contribution is 2.29. The molecule has 1 heterocycles. The van der Waals surface area contributed by atoms with Crippen LogP contribution in [0.3, 0.4) is 0 Å². The van der Waals surface area contributed by atoms with Gasteiger partial charge in [0.05, 0.1) is 0 Å². The van der Waals surface area contributed by atoms with Crippen molar-refractivity contribution < 1.29 is 23.1 Å². The molecule has 0 saturated carbocycles. The van der Waals surface area contributed by atoms with Crippen molar-refractivity contribution in [1.82, 2.24) is 4.57 Å². The number of benzene rings is 1. The summed E-state index contributed by atoms with van der Waals surface area (Å²) in [6.45, 7) is -0.907. The zero-order chi connectivity index (χ0) is 16.5. The lowest BCUT2D eigenvalue weighted by Crippen LogP contribution is -2.24. The summed E-state index contributed by atoms with van der Waals surface area (Å²) >= 11 is 5.71. The summed E-state index contributed by atoms with van der Waals surface area (Å²) in [7, 11) is 0. The molecule has 0 unspecified atom stereocenters. The molecule has 0 aliphatic rings. The predicted molar refractivity (Wildman–Crippen MR) is 73.8 cm³/mol. The van der Waals surface area contributed by atoms with E-state index in [2.05, 4.69) is 0 Å². The van der Waals surface area contributed by atoms with Crippen LogP contribution in [0.2, 0.25) is 5.02 Å². The Hall–Kier alpha value is -2.28. The Balaban J connectivity index is 2.64. The van der Waals surface area contributed by atoms with Crippen LogP contribution in [0.4, 0.5) is 13.2 Å². The number of pyridine rings is 1. The van der Waals surface area contributed by atoms with E-state index in [-0.39, 0.29) is 5.56 Å². The van der Waals surface area contributed by atoms with E-state index in [0.29, 0.717) is 21.2 Å². The fourth-order valence-corrected chi connectivity index (χ4v) is 2.07. The second-order valence-corrected chi connectivity index (χ2v) is 4.90. The van der Waals surface area contributed by atoms with Crippen molar-refractivity contribution in [2.24, 2.45) is 0 Å². The molecule has 0 amide bonds. The molecule has 8 heteroatoms. The maximum absolute atomic E-state index is 12.9. The molecule has 2 rings (SSSR count). The Morgan fingerprint density at radius 2 is 1.82 bits per heavy atom. The molecule has 0 atom stereocenters. The van der Waals surface area contributed by atoms with Crippen LogP contribution in [0.25, 0.3) is 11.1 Å². The largest absolute Gasteiger partial charge is 0.480 e. The van der Waals surface area contributed by atoms with Crippen LogP contribution < -0.4 is 5.43 Å². The Bertz CT molecular complexity index is 766. The van der Waals surface area contributed by atoms with E-state index in [1.165, 1.54) is 24.3 Å². The number of aliphatic carboxylic acids is 1. The van der Waals surface area contributed by atoms with Crippen molar-refractivity contribution in [1.29, 1.82) is 0 Å². The van der Waals surface area contributed by atoms with Gasteiger partial charge in [0.2, 0.25) is 0 Å². The summed E-state index contributed by atoms with van der Waals surface area (Å²) in [5, 5.41) is 9.14. The maximum Gasteiger partial charge on any atom is 0.431 e. The molecule has 116 valence electrons. The van der Waals surface area contributed by atoms with Crippen molar-refractivity contribution in [2.45, 2.75) is 12.7 Å². The van der Waals surface area contributed by atoms with Crippen LogP contribution >= 0.6 is 11.6 Å². The van der Waals surface area contributed by atoms with E-state index in [1.54, 1.807) is 0 Å². The molecule has 2 aromatic rings. The lowest BCUT2D eigenvalue weighted by molar-refractivity contribution is -0.146. The summed E-state index contributed by atoms with van der Waals surface area (Å²) in [5.41, 5.74) is -1.85. The molecule has 1 N–H and O–H groups in total. The Morgan fingerprint density at radius 3 is 2.32 bits per heavy atom. The summed E-state index contributed by atoms with van der Waals surface area (Å²) in [5.74, 6) is -1.45. The number of nitrogens with zero attached hydrogens (tertiary/aromatic N) is 1. The quantitative estimate of drug-likeness (QED) is 0.939. The maximum atomic E-state index is 12.9. The SMILES string of the molecule is O=C(O)Cn1cc(-c2ccc(Cl)cc2)c(=O)cc1C(F)(F)F. The molecular weight excluding hydrogens is 323 g/mol. The van der Waals surface area contributed by atoms with E-state index in [4.69, 9.17) is 16.7 Å². The van der Waals surface area contributed by atoms with E-state index in [1.807, 2.05) is 0 Å². The summed E-state index contributed by atoms with van der Waals surface area (Å²) in [4.78, 5) is 22.7. The first kappa shape index (κ1) is 16.1. The van der Waals surface area contributed by atoms with Gasteiger partial charge in [0.25, 0.3) is 0 Å². The smallest absolute Gasteiger partial charge is 0.431 e. The number of aromatic nitrogens is 1. The van der Waals surface area contributed by atoms with Crippen LogP contribution in [-0.4, -0.2) is 15.6 Å². The fraction of sp³-hybridized carbons (Fsp3) is 0.143. The van der Waals surface area contributed by atoms with Gasteiger partial charge >= 0.3 is 12.1 Å². The minimum Gasteiger partial charge on any atom is -0.480 e. The number of carboxylic acid groups (broad SMARTS) is 1. The minimum atomic E-state index is -4.83. The number of rotatable bonds is 3.